The van der Waals surface area contributed by atoms with Crippen LogP contribution in [-0.2, 0) is 6.61 Å². The van der Waals surface area contributed by atoms with Gasteiger partial charge in [-0.2, -0.15) is 0 Å². The van der Waals surface area contributed by atoms with Gasteiger partial charge in [0.25, 0.3) is 0 Å². The fourth-order valence-electron chi connectivity index (χ4n) is 2.29. The molecule has 0 bridgehead atoms. The lowest BCUT2D eigenvalue weighted by Gasteiger charge is -2.20. The van der Waals surface area contributed by atoms with Crippen LogP contribution in [0.3, 0.4) is 0 Å². The van der Waals surface area contributed by atoms with Gasteiger partial charge in [-0.3, -0.25) is 4.79 Å². The van der Waals surface area contributed by atoms with Crippen molar-refractivity contribution in [2.75, 3.05) is 13.2 Å². The van der Waals surface area contributed by atoms with Crippen LogP contribution in [0.25, 0.3) is 0 Å². The summed E-state index contributed by atoms with van der Waals surface area (Å²) in [7, 11) is 0. The second-order valence-corrected chi connectivity index (χ2v) is 5.50. The molecule has 1 aliphatic rings. The molecule has 1 heterocycles. The van der Waals surface area contributed by atoms with Crippen molar-refractivity contribution < 1.29 is 23.4 Å². The summed E-state index contributed by atoms with van der Waals surface area (Å²) in [6.07, 6.45) is 0. The lowest BCUT2D eigenvalue weighted by Crippen LogP contribution is -2.16. The first kappa shape index (κ1) is 15.6. The number of halogens is 2. The molecule has 0 aromatic heterocycles. The molecule has 0 atom stereocenters. The van der Waals surface area contributed by atoms with E-state index in [1.54, 1.807) is 18.2 Å². The predicted octanol–water partition coefficient (Wildman–Crippen LogP) is 4.03. The van der Waals surface area contributed by atoms with Crippen LogP contribution in [0, 0.1) is 5.82 Å². The van der Waals surface area contributed by atoms with Crippen molar-refractivity contribution in [1.82, 2.24) is 0 Å². The number of carbonyl (C=O) groups excluding carboxylic acids is 1. The van der Waals surface area contributed by atoms with E-state index < -0.39 is 5.82 Å². The van der Waals surface area contributed by atoms with E-state index in [4.69, 9.17) is 25.8 Å². The average molecular weight is 337 g/mol. The highest BCUT2D eigenvalue weighted by molar-refractivity contribution is 6.32. The fraction of sp³-hybridized carbons (Fsp3) is 0.235. The molecule has 0 N–H and O–H groups in total. The van der Waals surface area contributed by atoms with Gasteiger partial charge in [0, 0.05) is 6.07 Å². The summed E-state index contributed by atoms with van der Waals surface area (Å²) in [5.41, 5.74) is 0.815. The Labute approximate surface area is 137 Å². The maximum Gasteiger partial charge on any atom is 0.179 e. The van der Waals surface area contributed by atoms with Crippen molar-refractivity contribution in [2.45, 2.75) is 13.5 Å². The molecular formula is C17H14ClFO4. The smallest absolute Gasteiger partial charge is 0.179 e. The maximum absolute atomic E-state index is 13.8. The van der Waals surface area contributed by atoms with Crippen LogP contribution in [0.4, 0.5) is 4.39 Å². The molecular weight excluding hydrogens is 323 g/mol. The standard InChI is InChI=1S/C17H14ClFO4/c1-10(20)13-3-2-12(8-15(13)19)23-9-11-6-14(18)17-16(7-11)21-4-5-22-17/h2-3,6-8H,4-5,9H2,1H3. The van der Waals surface area contributed by atoms with Gasteiger partial charge < -0.3 is 14.2 Å². The molecule has 120 valence electrons. The van der Waals surface area contributed by atoms with E-state index >= 15 is 0 Å². The van der Waals surface area contributed by atoms with Crippen molar-refractivity contribution >= 4 is 17.4 Å². The van der Waals surface area contributed by atoms with Crippen molar-refractivity contribution in [3.05, 3.63) is 52.3 Å². The quantitative estimate of drug-likeness (QED) is 0.791. The molecule has 0 aliphatic carbocycles. The van der Waals surface area contributed by atoms with Gasteiger partial charge >= 0.3 is 0 Å². The topological polar surface area (TPSA) is 44.8 Å². The highest BCUT2D eigenvalue weighted by atomic mass is 35.5. The number of ether oxygens (including phenoxy) is 3. The number of benzene rings is 2. The molecule has 0 amide bonds. The molecule has 0 unspecified atom stereocenters. The van der Waals surface area contributed by atoms with Crippen LogP contribution < -0.4 is 14.2 Å². The van der Waals surface area contributed by atoms with Gasteiger partial charge in [-0.05, 0) is 36.8 Å². The number of fused-ring (bicyclic) bond motifs is 1. The first-order chi connectivity index (χ1) is 11.0. The number of hydrogen-bond acceptors (Lipinski definition) is 4. The monoisotopic (exact) mass is 336 g/mol. The minimum absolute atomic E-state index is 0.0414. The van der Waals surface area contributed by atoms with E-state index in [0.717, 1.165) is 5.56 Å². The zero-order valence-corrected chi connectivity index (χ0v) is 13.2. The lowest BCUT2D eigenvalue weighted by atomic mass is 10.1. The van der Waals surface area contributed by atoms with Gasteiger partial charge in [0.15, 0.2) is 17.3 Å². The first-order valence-electron chi connectivity index (χ1n) is 7.06. The van der Waals surface area contributed by atoms with Crippen molar-refractivity contribution in [3.8, 4) is 17.2 Å². The van der Waals surface area contributed by atoms with Gasteiger partial charge in [-0.15, -0.1) is 0 Å². The Morgan fingerprint density at radius 3 is 2.78 bits per heavy atom. The molecule has 6 heteroatoms. The summed E-state index contributed by atoms with van der Waals surface area (Å²) in [4.78, 5) is 11.2. The number of ketones is 1. The van der Waals surface area contributed by atoms with Gasteiger partial charge in [-0.1, -0.05) is 11.6 Å². The summed E-state index contributed by atoms with van der Waals surface area (Å²) in [6, 6.07) is 7.65. The van der Waals surface area contributed by atoms with Crippen LogP contribution in [0.1, 0.15) is 22.8 Å². The number of Topliss-reactive ketones (excluding diaryl/α,β-unsaturated/α-hetero) is 1. The Balaban J connectivity index is 1.75. The molecule has 4 nitrogen and oxygen atoms in total. The van der Waals surface area contributed by atoms with Crippen molar-refractivity contribution in [1.29, 1.82) is 0 Å². The predicted molar refractivity (Wildman–Crippen MR) is 83.2 cm³/mol. The van der Waals surface area contributed by atoms with Crippen LogP contribution in [0.15, 0.2) is 30.3 Å². The highest BCUT2D eigenvalue weighted by Crippen LogP contribution is 2.38. The first-order valence-corrected chi connectivity index (χ1v) is 7.43. The molecule has 0 saturated carbocycles. The SMILES string of the molecule is CC(=O)c1ccc(OCc2cc(Cl)c3c(c2)OCCO3)cc1F. The number of hydrogen-bond donors (Lipinski definition) is 0. The summed E-state index contributed by atoms with van der Waals surface area (Å²) in [5.74, 6) is 0.500. The van der Waals surface area contributed by atoms with Gasteiger partial charge in [0.2, 0.25) is 0 Å². The summed E-state index contributed by atoms with van der Waals surface area (Å²) in [6.45, 7) is 2.43. The third kappa shape index (κ3) is 3.40. The van der Waals surface area contributed by atoms with E-state index in [-0.39, 0.29) is 18.0 Å². The van der Waals surface area contributed by atoms with Crippen LogP contribution in [0.2, 0.25) is 5.02 Å². The minimum atomic E-state index is -0.602. The third-order valence-corrected chi connectivity index (χ3v) is 3.66. The lowest BCUT2D eigenvalue weighted by molar-refractivity contribution is 0.101. The molecule has 2 aromatic carbocycles. The molecule has 1 aliphatic heterocycles. The van der Waals surface area contributed by atoms with Gasteiger partial charge in [0.1, 0.15) is 31.4 Å². The molecule has 0 radical (unpaired) electrons. The largest absolute Gasteiger partial charge is 0.489 e. The molecule has 2 aromatic rings. The molecule has 0 spiro atoms. The highest BCUT2D eigenvalue weighted by Gasteiger charge is 2.17. The summed E-state index contributed by atoms with van der Waals surface area (Å²) in [5, 5.41) is 0.443. The van der Waals surface area contributed by atoms with Gasteiger partial charge in [0.05, 0.1) is 10.6 Å². The van der Waals surface area contributed by atoms with E-state index in [9.17, 15) is 9.18 Å². The number of carbonyl (C=O) groups is 1. The molecule has 23 heavy (non-hydrogen) atoms. The molecule has 0 fully saturated rings. The summed E-state index contributed by atoms with van der Waals surface area (Å²) >= 11 is 6.15. The summed E-state index contributed by atoms with van der Waals surface area (Å²) < 4.78 is 30.2. The Kier molecular flexibility index (Phi) is 4.39. The van der Waals surface area contributed by atoms with E-state index in [1.807, 2.05) is 0 Å². The van der Waals surface area contributed by atoms with Crippen LogP contribution in [-0.4, -0.2) is 19.0 Å². The van der Waals surface area contributed by atoms with Crippen molar-refractivity contribution in [2.24, 2.45) is 0 Å². The minimum Gasteiger partial charge on any atom is -0.489 e. The maximum atomic E-state index is 13.8. The van der Waals surface area contributed by atoms with Crippen molar-refractivity contribution in [3.63, 3.8) is 0 Å². The Hall–Kier alpha value is -2.27. The molecule has 0 saturated heterocycles. The molecule has 3 rings (SSSR count). The number of rotatable bonds is 4. The Morgan fingerprint density at radius 2 is 2.04 bits per heavy atom. The zero-order valence-electron chi connectivity index (χ0n) is 12.4. The fourth-order valence-corrected chi connectivity index (χ4v) is 2.57. The van der Waals surface area contributed by atoms with E-state index in [2.05, 4.69) is 0 Å². The Morgan fingerprint density at radius 1 is 1.26 bits per heavy atom. The van der Waals surface area contributed by atoms with E-state index in [1.165, 1.54) is 19.1 Å². The third-order valence-electron chi connectivity index (χ3n) is 3.38. The second kappa shape index (κ2) is 6.46. The second-order valence-electron chi connectivity index (χ2n) is 5.09. The Bertz CT molecular complexity index is 760. The van der Waals surface area contributed by atoms with Crippen LogP contribution in [0.5, 0.6) is 17.2 Å². The average Bonchev–Trinajstić information content (AvgIpc) is 2.53. The normalized spacial score (nSPS) is 12.8. The zero-order chi connectivity index (χ0) is 16.4. The van der Waals surface area contributed by atoms with Crippen LogP contribution >= 0.6 is 11.6 Å². The van der Waals surface area contributed by atoms with E-state index in [0.29, 0.717) is 35.5 Å². The van der Waals surface area contributed by atoms with Gasteiger partial charge in [-0.25, -0.2) is 4.39 Å².